The summed E-state index contributed by atoms with van der Waals surface area (Å²) in [7, 11) is 0. The first-order valence-corrected chi connectivity index (χ1v) is 5.85. The van der Waals surface area contributed by atoms with Crippen molar-refractivity contribution in [3.63, 3.8) is 0 Å². The van der Waals surface area contributed by atoms with Crippen molar-refractivity contribution in [2.45, 2.75) is 18.8 Å². The fraction of sp³-hybridized carbons (Fsp3) is 0.417. The number of carbonyl (C=O) groups is 1. The van der Waals surface area contributed by atoms with Crippen LogP contribution in [0.1, 0.15) is 6.42 Å². The van der Waals surface area contributed by atoms with Crippen LogP contribution in [0.5, 0.6) is 0 Å². The van der Waals surface area contributed by atoms with Crippen molar-refractivity contribution >= 4 is 5.91 Å². The summed E-state index contributed by atoms with van der Waals surface area (Å²) >= 11 is 0. The Bertz CT molecular complexity index is 520. The molecule has 0 aromatic heterocycles. The summed E-state index contributed by atoms with van der Waals surface area (Å²) in [6.07, 6.45) is -0.459. The molecule has 0 unspecified atom stereocenters. The molecule has 3 aliphatic heterocycles. The summed E-state index contributed by atoms with van der Waals surface area (Å²) in [5, 5.41) is 3.00. The van der Waals surface area contributed by atoms with Crippen LogP contribution < -0.4 is 5.32 Å². The number of alkyl halides is 3. The molecule has 7 heteroatoms. The normalized spacial score (nSPS) is 26.7. The lowest BCUT2D eigenvalue weighted by atomic mass is 10.1. The largest absolute Gasteiger partial charge is 0.476 e. The minimum atomic E-state index is -4.42. The Labute approximate surface area is 107 Å². The number of hydrogen-bond donors (Lipinski definition) is 1. The minimum Gasteiger partial charge on any atom is -0.476 e. The van der Waals surface area contributed by atoms with E-state index in [1.54, 1.807) is 6.08 Å². The van der Waals surface area contributed by atoms with Gasteiger partial charge in [-0.1, -0.05) is 6.08 Å². The molecule has 0 saturated carbocycles. The van der Waals surface area contributed by atoms with Gasteiger partial charge in [-0.15, -0.1) is 0 Å². The second-order valence-electron chi connectivity index (χ2n) is 4.52. The van der Waals surface area contributed by atoms with Crippen LogP contribution in [0, 0.1) is 0 Å². The van der Waals surface area contributed by atoms with E-state index >= 15 is 0 Å². The second kappa shape index (κ2) is 4.12. The van der Waals surface area contributed by atoms with Gasteiger partial charge in [0, 0.05) is 6.54 Å². The predicted octanol–water partition coefficient (Wildman–Crippen LogP) is 1.43. The topological polar surface area (TPSA) is 41.6 Å². The molecule has 0 aromatic carbocycles. The molecule has 4 nitrogen and oxygen atoms in total. The Kier molecular flexibility index (Phi) is 2.67. The molecule has 0 bridgehead atoms. The van der Waals surface area contributed by atoms with Gasteiger partial charge in [0.25, 0.3) is 5.91 Å². The van der Waals surface area contributed by atoms with Crippen molar-refractivity contribution in [1.29, 1.82) is 0 Å². The molecule has 0 saturated heterocycles. The van der Waals surface area contributed by atoms with Gasteiger partial charge in [0.15, 0.2) is 6.23 Å². The van der Waals surface area contributed by atoms with Gasteiger partial charge < -0.3 is 9.64 Å². The Morgan fingerprint density at radius 3 is 2.95 bits per heavy atom. The molecule has 1 amide bonds. The standard InChI is InChI=1S/C12H11F3N2O2/c13-12(14,15)7-4-8-6-19-10-9(2-1-3-16-10)11(18)17(8)5-7/h2,4,6,10,16H,1,3,5H2/t10-/m1/s1. The second-order valence-corrected chi connectivity index (χ2v) is 4.52. The quantitative estimate of drug-likeness (QED) is 0.725. The van der Waals surface area contributed by atoms with E-state index in [0.29, 0.717) is 18.5 Å². The SMILES string of the molecule is O=C1C2=CCCN[C@@H]2OC=C2C=C(C(F)(F)F)CN12. The van der Waals surface area contributed by atoms with Crippen LogP contribution in [0.2, 0.25) is 0 Å². The van der Waals surface area contributed by atoms with Gasteiger partial charge in [0.05, 0.1) is 23.4 Å². The summed E-state index contributed by atoms with van der Waals surface area (Å²) in [5.74, 6) is -0.434. The smallest absolute Gasteiger partial charge is 0.414 e. The van der Waals surface area contributed by atoms with Crippen LogP contribution in [-0.4, -0.2) is 36.3 Å². The van der Waals surface area contributed by atoms with Crippen molar-refractivity contribution < 1.29 is 22.7 Å². The van der Waals surface area contributed by atoms with Crippen LogP contribution in [-0.2, 0) is 9.53 Å². The molecular weight excluding hydrogens is 261 g/mol. The molecule has 1 N–H and O–H groups in total. The van der Waals surface area contributed by atoms with E-state index in [9.17, 15) is 18.0 Å². The summed E-state index contributed by atoms with van der Waals surface area (Å²) in [4.78, 5) is 13.3. The zero-order chi connectivity index (χ0) is 13.6. The lowest BCUT2D eigenvalue weighted by Gasteiger charge is -2.24. The first-order valence-electron chi connectivity index (χ1n) is 5.85. The summed E-state index contributed by atoms with van der Waals surface area (Å²) in [6, 6.07) is 0. The predicted molar refractivity (Wildman–Crippen MR) is 59.5 cm³/mol. The summed E-state index contributed by atoms with van der Waals surface area (Å²) < 4.78 is 43.3. The van der Waals surface area contributed by atoms with Crippen molar-refractivity contribution in [1.82, 2.24) is 10.2 Å². The van der Waals surface area contributed by atoms with Crippen molar-refractivity contribution in [2.24, 2.45) is 0 Å². The average Bonchev–Trinajstić information content (AvgIpc) is 2.75. The molecule has 0 aromatic rings. The maximum Gasteiger partial charge on any atom is 0.414 e. The van der Waals surface area contributed by atoms with Crippen LogP contribution in [0.3, 0.4) is 0 Å². The highest BCUT2D eigenvalue weighted by Gasteiger charge is 2.42. The number of ether oxygens (including phenoxy) is 1. The van der Waals surface area contributed by atoms with Crippen LogP contribution in [0.25, 0.3) is 0 Å². The highest BCUT2D eigenvalue weighted by Crippen LogP contribution is 2.35. The van der Waals surface area contributed by atoms with Crippen LogP contribution in [0.4, 0.5) is 13.2 Å². The van der Waals surface area contributed by atoms with E-state index in [-0.39, 0.29) is 5.70 Å². The Hall–Kier alpha value is -1.76. The third-order valence-corrected chi connectivity index (χ3v) is 3.26. The van der Waals surface area contributed by atoms with Gasteiger partial charge >= 0.3 is 6.18 Å². The Balaban J connectivity index is 1.94. The van der Waals surface area contributed by atoms with E-state index in [2.05, 4.69) is 5.32 Å². The molecule has 19 heavy (non-hydrogen) atoms. The fourth-order valence-electron chi connectivity index (χ4n) is 2.30. The number of rotatable bonds is 0. The molecule has 0 aliphatic carbocycles. The molecule has 0 radical (unpaired) electrons. The summed E-state index contributed by atoms with van der Waals surface area (Å²) in [5.41, 5.74) is -0.220. The molecule has 3 rings (SSSR count). The molecule has 0 spiro atoms. The highest BCUT2D eigenvalue weighted by atomic mass is 19.4. The van der Waals surface area contributed by atoms with Crippen molar-refractivity contribution in [2.75, 3.05) is 13.1 Å². The number of fused-ring (bicyclic) bond motifs is 2. The maximum absolute atomic E-state index is 12.7. The van der Waals surface area contributed by atoms with E-state index < -0.39 is 30.4 Å². The molecular formula is C12H11F3N2O2. The van der Waals surface area contributed by atoms with Crippen molar-refractivity contribution in [3.8, 4) is 0 Å². The zero-order valence-corrected chi connectivity index (χ0v) is 9.83. The Morgan fingerprint density at radius 1 is 1.42 bits per heavy atom. The highest BCUT2D eigenvalue weighted by molar-refractivity contribution is 5.97. The van der Waals surface area contributed by atoms with Crippen LogP contribution >= 0.6 is 0 Å². The molecule has 1 atom stereocenters. The average molecular weight is 272 g/mol. The van der Waals surface area contributed by atoms with E-state index in [1.165, 1.54) is 6.26 Å². The first kappa shape index (κ1) is 12.3. The number of allylic oxidation sites excluding steroid dienone is 1. The number of amides is 1. The van der Waals surface area contributed by atoms with Gasteiger partial charge in [-0.2, -0.15) is 13.2 Å². The third-order valence-electron chi connectivity index (χ3n) is 3.26. The number of hydrogen-bond acceptors (Lipinski definition) is 3. The fourth-order valence-corrected chi connectivity index (χ4v) is 2.30. The number of nitrogens with one attached hydrogen (secondary N) is 1. The molecule has 102 valence electrons. The minimum absolute atomic E-state index is 0.148. The molecule has 3 aliphatic rings. The molecule has 0 fully saturated rings. The molecule has 3 heterocycles. The lowest BCUT2D eigenvalue weighted by molar-refractivity contribution is -0.126. The first-order chi connectivity index (χ1) is 8.97. The number of nitrogens with zero attached hydrogens (tertiary/aromatic N) is 1. The van der Waals surface area contributed by atoms with E-state index in [0.717, 1.165) is 11.0 Å². The van der Waals surface area contributed by atoms with Gasteiger partial charge in [-0.3, -0.25) is 10.1 Å². The summed E-state index contributed by atoms with van der Waals surface area (Å²) in [6.45, 7) is 0.218. The van der Waals surface area contributed by atoms with Crippen LogP contribution in [0.15, 0.2) is 35.3 Å². The van der Waals surface area contributed by atoms with Gasteiger partial charge in [-0.05, 0) is 12.5 Å². The van der Waals surface area contributed by atoms with Crippen molar-refractivity contribution in [3.05, 3.63) is 35.3 Å². The van der Waals surface area contributed by atoms with Gasteiger partial charge in [0.2, 0.25) is 0 Å². The van der Waals surface area contributed by atoms with Gasteiger partial charge in [-0.25, -0.2) is 0 Å². The zero-order valence-electron chi connectivity index (χ0n) is 9.83. The van der Waals surface area contributed by atoms with Gasteiger partial charge in [0.1, 0.15) is 6.26 Å². The Morgan fingerprint density at radius 2 is 2.21 bits per heavy atom. The van der Waals surface area contributed by atoms with E-state index in [1.807, 2.05) is 0 Å². The lowest BCUT2D eigenvalue weighted by Crippen LogP contribution is -2.41. The van der Waals surface area contributed by atoms with E-state index in [4.69, 9.17) is 4.74 Å². The monoisotopic (exact) mass is 272 g/mol. The maximum atomic E-state index is 12.7. The third kappa shape index (κ3) is 2.03. The number of carbonyl (C=O) groups excluding carboxylic acids is 1. The number of halogens is 3.